The van der Waals surface area contributed by atoms with E-state index >= 15 is 0 Å². The number of hydrogen-bond donors (Lipinski definition) is 3. The quantitative estimate of drug-likeness (QED) is 0.464. The summed E-state index contributed by atoms with van der Waals surface area (Å²) in [4.78, 5) is 22.0. The van der Waals surface area contributed by atoms with Crippen LogP contribution in [-0.2, 0) is 16.1 Å². The van der Waals surface area contributed by atoms with Crippen LogP contribution in [0.2, 0.25) is 0 Å². The lowest BCUT2D eigenvalue weighted by molar-refractivity contribution is 0.143. The van der Waals surface area contributed by atoms with Crippen molar-refractivity contribution >= 4 is 18.0 Å². The van der Waals surface area contributed by atoms with Crippen LogP contribution < -0.4 is 16.0 Å². The van der Waals surface area contributed by atoms with Gasteiger partial charge < -0.3 is 20.1 Å². The van der Waals surface area contributed by atoms with Crippen LogP contribution in [0.1, 0.15) is 12.5 Å². The van der Waals surface area contributed by atoms with Crippen molar-refractivity contribution < 1.29 is 18.7 Å². The van der Waals surface area contributed by atoms with E-state index in [0.717, 1.165) is 0 Å². The Labute approximate surface area is 162 Å². The van der Waals surface area contributed by atoms with Crippen LogP contribution in [0.5, 0.6) is 0 Å². The van der Waals surface area contributed by atoms with Gasteiger partial charge in [0.15, 0.2) is 5.96 Å². The first-order valence-electron chi connectivity index (χ1n) is 8.57. The number of nitrogens with one attached hydrogen (secondary N) is 2. The average Bonchev–Trinajstić information content (AvgIpc) is 2.68. The monoisotopic (exact) mass is 390 g/mol. The van der Waals surface area contributed by atoms with Crippen LogP contribution in [-0.4, -0.2) is 48.8 Å². The number of ether oxygens (including phenoxy) is 2. The molecule has 0 fully saturated rings. The van der Waals surface area contributed by atoms with E-state index in [1.54, 1.807) is 31.6 Å². The van der Waals surface area contributed by atoms with Gasteiger partial charge in [0, 0.05) is 49.3 Å². The van der Waals surface area contributed by atoms with Gasteiger partial charge >= 0.3 is 6.09 Å². The molecule has 1 aromatic heterocycles. The molecule has 1 aromatic carbocycles. The molecule has 0 aliphatic rings. The molecule has 10 heteroatoms. The molecule has 28 heavy (non-hydrogen) atoms. The predicted molar refractivity (Wildman–Crippen MR) is 102 cm³/mol. The van der Waals surface area contributed by atoms with Crippen molar-refractivity contribution in [3.63, 3.8) is 0 Å². The highest BCUT2D eigenvalue weighted by molar-refractivity contribution is 5.90. The highest BCUT2D eigenvalue weighted by Gasteiger charge is 2.14. The molecule has 2 rings (SSSR count). The van der Waals surface area contributed by atoms with Crippen LogP contribution >= 0.6 is 0 Å². The standard InChI is InChI=1S/C18H23FN6O3/c1-3-25(7-8-27-2)17-22-9-13(10-23-17)14-6-4-5-12(15(14)19)11-28-18(26)24-16(20)21/h4-6,9-10H,3,7-8,11H2,1-2H3,(H4,20,21,24,26). The van der Waals surface area contributed by atoms with Crippen molar-refractivity contribution in [2.45, 2.75) is 13.5 Å². The number of rotatable bonds is 8. The van der Waals surface area contributed by atoms with Crippen molar-refractivity contribution in [2.24, 2.45) is 5.73 Å². The number of nitrogens with zero attached hydrogens (tertiary/aromatic N) is 3. The molecule has 0 radical (unpaired) electrons. The lowest BCUT2D eigenvalue weighted by atomic mass is 10.1. The molecular weight excluding hydrogens is 367 g/mol. The van der Waals surface area contributed by atoms with Crippen LogP contribution in [0.3, 0.4) is 0 Å². The van der Waals surface area contributed by atoms with Gasteiger partial charge in [-0.3, -0.25) is 10.7 Å². The summed E-state index contributed by atoms with van der Waals surface area (Å²) in [5, 5.41) is 8.92. The summed E-state index contributed by atoms with van der Waals surface area (Å²) >= 11 is 0. The summed E-state index contributed by atoms with van der Waals surface area (Å²) in [6, 6.07) is 4.73. The number of amides is 1. The SMILES string of the molecule is CCN(CCOC)c1ncc(-c2cccc(COC(=O)NC(=N)N)c2F)cn1. The van der Waals surface area contributed by atoms with Crippen molar-refractivity contribution in [1.29, 1.82) is 5.41 Å². The Morgan fingerprint density at radius 3 is 2.68 bits per heavy atom. The predicted octanol–water partition coefficient (Wildman–Crippen LogP) is 1.88. The zero-order valence-corrected chi connectivity index (χ0v) is 15.7. The van der Waals surface area contributed by atoms with Crippen LogP contribution in [0.25, 0.3) is 11.1 Å². The Balaban J connectivity index is 2.14. The maximum absolute atomic E-state index is 14.8. The Kier molecular flexibility index (Phi) is 7.64. The van der Waals surface area contributed by atoms with Gasteiger partial charge in [-0.2, -0.15) is 0 Å². The Morgan fingerprint density at radius 1 is 1.36 bits per heavy atom. The topological polar surface area (TPSA) is 126 Å². The Hall–Kier alpha value is -3.27. The summed E-state index contributed by atoms with van der Waals surface area (Å²) in [6.45, 7) is 3.59. The summed E-state index contributed by atoms with van der Waals surface area (Å²) in [6.07, 6.45) is 2.16. The minimum atomic E-state index is -0.930. The van der Waals surface area contributed by atoms with Gasteiger partial charge in [0.2, 0.25) is 5.95 Å². The highest BCUT2D eigenvalue weighted by Crippen LogP contribution is 2.25. The van der Waals surface area contributed by atoms with Gasteiger partial charge in [-0.25, -0.2) is 19.2 Å². The Bertz CT molecular complexity index is 815. The second-order valence-corrected chi connectivity index (χ2v) is 5.74. The summed E-state index contributed by atoms with van der Waals surface area (Å²) in [5.74, 6) is -0.562. The third-order valence-electron chi connectivity index (χ3n) is 3.85. The number of nitrogens with two attached hydrogens (primary N) is 1. The molecule has 0 unspecified atom stereocenters. The molecule has 2 aromatic rings. The van der Waals surface area contributed by atoms with E-state index in [0.29, 0.717) is 36.8 Å². The number of halogens is 1. The minimum absolute atomic E-state index is 0.176. The van der Waals surface area contributed by atoms with Gasteiger partial charge in [0.25, 0.3) is 0 Å². The molecule has 9 nitrogen and oxygen atoms in total. The fourth-order valence-electron chi connectivity index (χ4n) is 2.43. The number of anilines is 1. The number of carbonyl (C=O) groups is 1. The first-order chi connectivity index (χ1) is 13.5. The number of guanidine groups is 1. The third kappa shape index (κ3) is 5.61. The van der Waals surface area contributed by atoms with Crippen molar-refractivity contribution in [3.8, 4) is 11.1 Å². The molecule has 0 saturated heterocycles. The molecule has 0 bridgehead atoms. The third-order valence-corrected chi connectivity index (χ3v) is 3.85. The molecule has 0 spiro atoms. The van der Waals surface area contributed by atoms with E-state index in [-0.39, 0.29) is 12.2 Å². The van der Waals surface area contributed by atoms with E-state index in [9.17, 15) is 9.18 Å². The van der Waals surface area contributed by atoms with Crippen LogP contribution in [0.4, 0.5) is 15.1 Å². The Morgan fingerprint density at radius 2 is 2.07 bits per heavy atom. The largest absolute Gasteiger partial charge is 0.444 e. The van der Waals surface area contributed by atoms with E-state index in [1.165, 1.54) is 6.07 Å². The number of likely N-dealkylation sites (N-methyl/N-ethyl adjacent to an activating group) is 1. The lowest BCUT2D eigenvalue weighted by Gasteiger charge is -2.20. The maximum Gasteiger partial charge on any atom is 0.414 e. The maximum atomic E-state index is 14.8. The molecule has 1 amide bonds. The molecule has 4 N–H and O–H groups in total. The van der Waals surface area contributed by atoms with Crippen molar-refractivity contribution in [3.05, 3.63) is 42.0 Å². The van der Waals surface area contributed by atoms with E-state index in [4.69, 9.17) is 20.6 Å². The zero-order valence-electron chi connectivity index (χ0n) is 15.7. The van der Waals surface area contributed by atoms with E-state index in [1.807, 2.05) is 17.1 Å². The second-order valence-electron chi connectivity index (χ2n) is 5.74. The summed E-state index contributed by atoms with van der Waals surface area (Å²) in [7, 11) is 1.63. The average molecular weight is 390 g/mol. The lowest BCUT2D eigenvalue weighted by Crippen LogP contribution is -2.36. The highest BCUT2D eigenvalue weighted by atomic mass is 19.1. The molecule has 0 aliphatic heterocycles. The number of aromatic nitrogens is 2. The summed E-state index contributed by atoms with van der Waals surface area (Å²) < 4.78 is 24.7. The first-order valence-corrected chi connectivity index (χ1v) is 8.57. The molecule has 1 heterocycles. The van der Waals surface area contributed by atoms with Gasteiger partial charge in [-0.05, 0) is 6.92 Å². The molecule has 0 saturated carbocycles. The fourth-order valence-corrected chi connectivity index (χ4v) is 2.43. The smallest absolute Gasteiger partial charge is 0.414 e. The molecule has 150 valence electrons. The number of carbonyl (C=O) groups excluding carboxylic acids is 1. The van der Waals surface area contributed by atoms with Crippen LogP contribution in [0.15, 0.2) is 30.6 Å². The second kappa shape index (κ2) is 10.2. The number of hydrogen-bond acceptors (Lipinski definition) is 7. The summed E-state index contributed by atoms with van der Waals surface area (Å²) in [5.41, 5.74) is 6.00. The van der Waals surface area contributed by atoms with Gasteiger partial charge in [-0.15, -0.1) is 0 Å². The van der Waals surface area contributed by atoms with Gasteiger partial charge in [0.1, 0.15) is 12.4 Å². The van der Waals surface area contributed by atoms with Gasteiger partial charge in [0.05, 0.1) is 6.61 Å². The number of benzene rings is 1. The fraction of sp³-hybridized carbons (Fsp3) is 0.333. The minimum Gasteiger partial charge on any atom is -0.444 e. The van der Waals surface area contributed by atoms with Crippen molar-refractivity contribution in [2.75, 3.05) is 31.7 Å². The van der Waals surface area contributed by atoms with Gasteiger partial charge in [-0.1, -0.05) is 18.2 Å². The molecular formula is C18H23FN6O3. The van der Waals surface area contributed by atoms with Crippen LogP contribution in [0, 0.1) is 11.2 Å². The molecule has 0 atom stereocenters. The normalized spacial score (nSPS) is 10.4. The van der Waals surface area contributed by atoms with Crippen molar-refractivity contribution in [1.82, 2.24) is 15.3 Å². The number of methoxy groups -OCH3 is 1. The van der Waals surface area contributed by atoms with E-state index < -0.39 is 17.9 Å². The number of alkyl carbamates (subject to hydrolysis) is 1. The van der Waals surface area contributed by atoms with E-state index in [2.05, 4.69) is 9.97 Å². The zero-order chi connectivity index (χ0) is 20.5. The molecule has 0 aliphatic carbocycles. The first kappa shape index (κ1) is 21.0.